The van der Waals surface area contributed by atoms with Gasteiger partial charge in [-0.25, -0.2) is 8.42 Å². The first-order chi connectivity index (χ1) is 8.36. The highest BCUT2D eigenvalue weighted by atomic mass is 32.2. The minimum Gasteiger partial charge on any atom is -0.396 e. The van der Waals surface area contributed by atoms with Crippen molar-refractivity contribution in [2.24, 2.45) is 0 Å². The second-order valence-corrected chi connectivity index (χ2v) is 6.99. The molecule has 1 aromatic carbocycles. The molecule has 0 spiro atoms. The number of aliphatic hydroxyl groups excluding tert-OH is 1. The summed E-state index contributed by atoms with van der Waals surface area (Å²) in [5, 5.41) is 9.05. The van der Waals surface area contributed by atoms with Crippen LogP contribution in [0.5, 0.6) is 0 Å². The van der Waals surface area contributed by atoms with Crippen molar-refractivity contribution in [2.45, 2.75) is 31.2 Å². The lowest BCUT2D eigenvalue weighted by Crippen LogP contribution is -2.43. The topological polar surface area (TPSA) is 57.6 Å². The standard InChI is InChI=1S/C13H19NO3S/c1-9-6-10(2)13-12(7-9)18(16,17)8-11(4-5-15)14(13)3/h6-7,11,15H,4-5,8H2,1-3H3. The molecule has 1 N–H and O–H groups in total. The zero-order chi connectivity index (χ0) is 13.5. The van der Waals surface area contributed by atoms with Crippen molar-refractivity contribution in [1.82, 2.24) is 0 Å². The van der Waals surface area contributed by atoms with Crippen LogP contribution in [0.4, 0.5) is 5.69 Å². The average Bonchev–Trinajstić information content (AvgIpc) is 2.25. The minimum absolute atomic E-state index is 0.00473. The highest BCUT2D eigenvalue weighted by molar-refractivity contribution is 7.91. The molecule has 1 heterocycles. The summed E-state index contributed by atoms with van der Waals surface area (Å²) in [6, 6.07) is 3.59. The van der Waals surface area contributed by atoms with E-state index in [1.54, 1.807) is 6.07 Å². The van der Waals surface area contributed by atoms with Crippen molar-refractivity contribution in [2.75, 3.05) is 24.3 Å². The molecule has 1 atom stereocenters. The largest absolute Gasteiger partial charge is 0.396 e. The van der Waals surface area contributed by atoms with Gasteiger partial charge < -0.3 is 10.0 Å². The number of hydrogen-bond donors (Lipinski definition) is 1. The molecule has 0 aromatic heterocycles. The molecule has 18 heavy (non-hydrogen) atoms. The molecule has 100 valence electrons. The molecule has 1 aliphatic rings. The van der Waals surface area contributed by atoms with Gasteiger partial charge in [-0.1, -0.05) is 6.07 Å². The Morgan fingerprint density at radius 3 is 2.67 bits per heavy atom. The van der Waals surface area contributed by atoms with Crippen molar-refractivity contribution in [1.29, 1.82) is 0 Å². The molecule has 1 aliphatic heterocycles. The predicted molar refractivity (Wildman–Crippen MR) is 71.9 cm³/mol. The van der Waals surface area contributed by atoms with Gasteiger partial charge in [0, 0.05) is 19.7 Å². The normalized spacial score (nSPS) is 21.8. The molecule has 0 aliphatic carbocycles. The Morgan fingerprint density at radius 2 is 2.06 bits per heavy atom. The van der Waals surface area contributed by atoms with Gasteiger partial charge in [-0.05, 0) is 37.5 Å². The molecule has 5 heteroatoms. The van der Waals surface area contributed by atoms with Gasteiger partial charge in [0.25, 0.3) is 0 Å². The van der Waals surface area contributed by atoms with Gasteiger partial charge in [0.15, 0.2) is 9.84 Å². The smallest absolute Gasteiger partial charge is 0.182 e. The second kappa shape index (κ2) is 4.55. The van der Waals surface area contributed by atoms with Crippen LogP contribution in [0.1, 0.15) is 17.5 Å². The van der Waals surface area contributed by atoms with Gasteiger partial charge in [0.05, 0.1) is 16.3 Å². The first-order valence-corrected chi connectivity index (χ1v) is 7.69. The monoisotopic (exact) mass is 269 g/mol. The summed E-state index contributed by atoms with van der Waals surface area (Å²) in [6.45, 7) is 3.84. The molecule has 0 bridgehead atoms. The Balaban J connectivity index is 2.63. The van der Waals surface area contributed by atoms with E-state index >= 15 is 0 Å². The maximum absolute atomic E-state index is 12.3. The number of hydrogen-bond acceptors (Lipinski definition) is 4. The Hall–Kier alpha value is -1.07. The molecule has 1 unspecified atom stereocenters. The molecule has 0 saturated carbocycles. The lowest BCUT2D eigenvalue weighted by Gasteiger charge is -2.36. The van der Waals surface area contributed by atoms with Crippen LogP contribution in [-0.4, -0.2) is 39.0 Å². The van der Waals surface area contributed by atoms with Crippen LogP contribution in [-0.2, 0) is 9.84 Å². The van der Waals surface area contributed by atoms with Crippen molar-refractivity contribution in [3.05, 3.63) is 23.3 Å². The third kappa shape index (κ3) is 2.12. The highest BCUT2D eigenvalue weighted by Crippen LogP contribution is 2.36. The van der Waals surface area contributed by atoms with E-state index in [0.717, 1.165) is 16.8 Å². The summed E-state index contributed by atoms with van der Waals surface area (Å²) in [5.41, 5.74) is 2.72. The molecular formula is C13H19NO3S. The number of fused-ring (bicyclic) bond motifs is 1. The van der Waals surface area contributed by atoms with Crippen LogP contribution in [0.3, 0.4) is 0 Å². The van der Waals surface area contributed by atoms with E-state index in [2.05, 4.69) is 0 Å². The summed E-state index contributed by atoms with van der Waals surface area (Å²) in [4.78, 5) is 2.41. The quantitative estimate of drug-likeness (QED) is 0.878. The minimum atomic E-state index is -3.24. The van der Waals surface area contributed by atoms with E-state index < -0.39 is 9.84 Å². The van der Waals surface area contributed by atoms with Gasteiger partial charge in [0.1, 0.15) is 0 Å². The number of aliphatic hydroxyl groups is 1. The van der Waals surface area contributed by atoms with Crippen LogP contribution >= 0.6 is 0 Å². The van der Waals surface area contributed by atoms with Gasteiger partial charge in [-0.15, -0.1) is 0 Å². The van der Waals surface area contributed by atoms with Crippen LogP contribution in [0.2, 0.25) is 0 Å². The fourth-order valence-electron chi connectivity index (χ4n) is 2.67. The average molecular weight is 269 g/mol. The number of benzene rings is 1. The number of anilines is 1. The van der Waals surface area contributed by atoms with E-state index in [-0.39, 0.29) is 18.4 Å². The molecule has 1 aromatic rings. The zero-order valence-electron chi connectivity index (χ0n) is 11.0. The Morgan fingerprint density at radius 1 is 1.39 bits per heavy atom. The van der Waals surface area contributed by atoms with Gasteiger partial charge in [-0.2, -0.15) is 0 Å². The highest BCUT2D eigenvalue weighted by Gasteiger charge is 2.34. The van der Waals surface area contributed by atoms with Crippen molar-refractivity contribution >= 4 is 15.5 Å². The van der Waals surface area contributed by atoms with Crippen LogP contribution in [0.15, 0.2) is 17.0 Å². The molecule has 0 saturated heterocycles. The maximum Gasteiger partial charge on any atom is 0.182 e. The van der Waals surface area contributed by atoms with Gasteiger partial charge in [0.2, 0.25) is 0 Å². The molecule has 0 fully saturated rings. The van der Waals surface area contributed by atoms with Crippen LogP contribution < -0.4 is 4.90 Å². The van der Waals surface area contributed by atoms with Crippen LogP contribution in [0, 0.1) is 13.8 Å². The number of rotatable bonds is 2. The lowest BCUT2D eigenvalue weighted by molar-refractivity contribution is 0.277. The Labute approximate surface area is 108 Å². The number of sulfone groups is 1. The van der Waals surface area contributed by atoms with Crippen molar-refractivity contribution in [3.63, 3.8) is 0 Å². The second-order valence-electron chi connectivity index (χ2n) is 4.99. The summed E-state index contributed by atoms with van der Waals surface area (Å²) in [6.07, 6.45) is 0.475. The van der Waals surface area contributed by atoms with E-state index in [0.29, 0.717) is 11.3 Å². The Bertz CT molecular complexity index is 566. The van der Waals surface area contributed by atoms with E-state index in [4.69, 9.17) is 5.11 Å². The van der Waals surface area contributed by atoms with Crippen LogP contribution in [0.25, 0.3) is 0 Å². The summed E-state index contributed by atoms with van der Waals surface area (Å²) < 4.78 is 24.6. The first-order valence-electron chi connectivity index (χ1n) is 6.04. The predicted octanol–water partition coefficient (Wildman–Crippen LogP) is 1.28. The molecule has 2 rings (SSSR count). The van der Waals surface area contributed by atoms with Gasteiger partial charge in [-0.3, -0.25) is 0 Å². The van der Waals surface area contributed by atoms with E-state index in [1.165, 1.54) is 0 Å². The lowest BCUT2D eigenvalue weighted by atomic mass is 10.1. The van der Waals surface area contributed by atoms with Crippen molar-refractivity contribution in [3.8, 4) is 0 Å². The Kier molecular flexibility index (Phi) is 3.38. The SMILES string of the molecule is Cc1cc(C)c2c(c1)S(=O)(=O)CC(CCO)N2C. The fourth-order valence-corrected chi connectivity index (χ4v) is 4.71. The van der Waals surface area contributed by atoms with E-state index in [1.807, 2.05) is 31.9 Å². The molecule has 0 radical (unpaired) electrons. The summed E-state index contributed by atoms with van der Waals surface area (Å²) in [5.74, 6) is 0.0833. The molecule has 4 nitrogen and oxygen atoms in total. The van der Waals surface area contributed by atoms with E-state index in [9.17, 15) is 8.42 Å². The third-order valence-electron chi connectivity index (χ3n) is 3.52. The van der Waals surface area contributed by atoms with Gasteiger partial charge >= 0.3 is 0 Å². The van der Waals surface area contributed by atoms with Crippen molar-refractivity contribution < 1.29 is 13.5 Å². The summed E-state index contributed by atoms with van der Waals surface area (Å²) in [7, 11) is -1.35. The maximum atomic E-state index is 12.3. The molecular weight excluding hydrogens is 250 g/mol. The fraction of sp³-hybridized carbons (Fsp3) is 0.538. The summed E-state index contributed by atoms with van der Waals surface area (Å²) >= 11 is 0. The third-order valence-corrected chi connectivity index (χ3v) is 5.32. The number of nitrogens with zero attached hydrogens (tertiary/aromatic N) is 1. The molecule has 0 amide bonds. The zero-order valence-corrected chi connectivity index (χ0v) is 11.8. The first kappa shape index (κ1) is 13.4. The number of aryl methyl sites for hydroxylation is 2.